The second-order valence-electron chi connectivity index (χ2n) is 7.12. The molecule has 164 valence electrons. The number of rotatable bonds is 9. The van der Waals surface area contributed by atoms with Crippen LogP contribution in [-0.4, -0.2) is 74.4 Å². The van der Waals surface area contributed by atoms with Crippen LogP contribution in [0, 0.1) is 0 Å². The molecule has 2 heterocycles. The maximum atomic E-state index is 6.08. The van der Waals surface area contributed by atoms with Gasteiger partial charge in [0.15, 0.2) is 5.96 Å². The van der Waals surface area contributed by atoms with Crippen LogP contribution in [-0.2, 0) is 11.3 Å². The number of benzene rings is 1. The zero-order valence-electron chi connectivity index (χ0n) is 17.4. The van der Waals surface area contributed by atoms with Crippen LogP contribution >= 0.6 is 35.7 Å². The van der Waals surface area contributed by atoms with Crippen molar-refractivity contribution in [1.29, 1.82) is 0 Å². The third kappa shape index (κ3) is 8.90. The molecule has 1 aromatic carbocycles. The highest BCUT2D eigenvalue weighted by molar-refractivity contribution is 14.0. The molecule has 2 fully saturated rings. The van der Waals surface area contributed by atoms with Crippen molar-refractivity contribution in [3.63, 3.8) is 0 Å². The van der Waals surface area contributed by atoms with Gasteiger partial charge in [-0.15, -0.1) is 24.0 Å². The lowest BCUT2D eigenvalue weighted by molar-refractivity contribution is 0.0322. The number of halogens is 1. The van der Waals surface area contributed by atoms with Gasteiger partial charge >= 0.3 is 0 Å². The second kappa shape index (κ2) is 14.3. The number of morpholine rings is 1. The second-order valence-corrected chi connectivity index (χ2v) is 8.53. The summed E-state index contributed by atoms with van der Waals surface area (Å²) in [5.41, 5.74) is 1.12. The zero-order chi connectivity index (χ0) is 19.4. The zero-order valence-corrected chi connectivity index (χ0v) is 20.5. The van der Waals surface area contributed by atoms with E-state index in [4.69, 9.17) is 14.5 Å². The van der Waals surface area contributed by atoms with Crippen molar-refractivity contribution < 1.29 is 9.47 Å². The van der Waals surface area contributed by atoms with Crippen molar-refractivity contribution in [1.82, 2.24) is 15.5 Å². The summed E-state index contributed by atoms with van der Waals surface area (Å²) >= 11 is 2.06. The average Bonchev–Trinajstić information content (AvgIpc) is 3.25. The molecule has 2 aliphatic rings. The van der Waals surface area contributed by atoms with Crippen molar-refractivity contribution in [3.05, 3.63) is 29.8 Å². The first-order valence-corrected chi connectivity index (χ1v) is 11.5. The molecule has 2 N–H and O–H groups in total. The van der Waals surface area contributed by atoms with E-state index in [1.807, 2.05) is 12.1 Å². The van der Waals surface area contributed by atoms with E-state index in [1.165, 1.54) is 18.6 Å². The van der Waals surface area contributed by atoms with Gasteiger partial charge in [0.1, 0.15) is 12.4 Å². The standard InChI is InChI=1S/C21H34N4O2S.HI/c1-2-22-21(24-17-19-7-5-15-28-19)23-16-18-6-3-4-8-20(18)27-14-11-25-9-12-26-13-10-25;/h3-4,6,8,19H,2,5,7,9-17H2,1H3,(H2,22,23,24);1H. The maximum absolute atomic E-state index is 6.08. The predicted octanol–water partition coefficient (Wildman–Crippen LogP) is 2.97. The molecule has 0 spiro atoms. The number of nitrogens with one attached hydrogen (secondary N) is 2. The highest BCUT2D eigenvalue weighted by Crippen LogP contribution is 2.25. The number of ether oxygens (including phenoxy) is 2. The Labute approximate surface area is 196 Å². The third-order valence-corrected chi connectivity index (χ3v) is 6.41. The van der Waals surface area contributed by atoms with E-state index < -0.39 is 0 Å². The fraction of sp³-hybridized carbons (Fsp3) is 0.667. The van der Waals surface area contributed by atoms with Crippen molar-refractivity contribution in [2.24, 2.45) is 4.99 Å². The number of hydrogen-bond acceptors (Lipinski definition) is 5. The summed E-state index contributed by atoms with van der Waals surface area (Å²) in [6.45, 7) is 9.82. The molecule has 1 unspecified atom stereocenters. The fourth-order valence-electron chi connectivity index (χ4n) is 3.41. The molecule has 29 heavy (non-hydrogen) atoms. The van der Waals surface area contributed by atoms with Gasteiger partial charge in [-0.05, 0) is 31.6 Å². The molecule has 1 atom stereocenters. The van der Waals surface area contributed by atoms with Gasteiger partial charge in [0.25, 0.3) is 0 Å². The van der Waals surface area contributed by atoms with Crippen LogP contribution in [0.25, 0.3) is 0 Å². The summed E-state index contributed by atoms with van der Waals surface area (Å²) in [5, 5.41) is 7.56. The van der Waals surface area contributed by atoms with Crippen molar-refractivity contribution >= 4 is 41.7 Å². The van der Waals surface area contributed by atoms with Crippen LogP contribution in [0.5, 0.6) is 5.75 Å². The van der Waals surface area contributed by atoms with E-state index in [1.54, 1.807) is 0 Å². The molecule has 6 nitrogen and oxygen atoms in total. The molecule has 0 aliphatic carbocycles. The Morgan fingerprint density at radius 2 is 2.10 bits per heavy atom. The molecular formula is C21H35IN4O2S. The first-order valence-electron chi connectivity index (χ1n) is 10.5. The summed E-state index contributed by atoms with van der Waals surface area (Å²) in [6.07, 6.45) is 2.64. The monoisotopic (exact) mass is 534 g/mol. The number of nitrogens with zero attached hydrogens (tertiary/aromatic N) is 2. The summed E-state index contributed by atoms with van der Waals surface area (Å²) in [6, 6.07) is 8.22. The van der Waals surface area contributed by atoms with E-state index in [9.17, 15) is 0 Å². The molecule has 0 aromatic heterocycles. The highest BCUT2D eigenvalue weighted by atomic mass is 127. The van der Waals surface area contributed by atoms with E-state index in [0.717, 1.165) is 63.2 Å². The van der Waals surface area contributed by atoms with Gasteiger partial charge in [0.2, 0.25) is 0 Å². The van der Waals surface area contributed by atoms with Crippen LogP contribution in [0.1, 0.15) is 25.3 Å². The number of thioether (sulfide) groups is 1. The molecule has 0 bridgehead atoms. The maximum Gasteiger partial charge on any atom is 0.191 e. The van der Waals surface area contributed by atoms with E-state index in [0.29, 0.717) is 18.4 Å². The van der Waals surface area contributed by atoms with E-state index in [-0.39, 0.29) is 24.0 Å². The highest BCUT2D eigenvalue weighted by Gasteiger charge is 2.15. The largest absolute Gasteiger partial charge is 0.492 e. The summed E-state index contributed by atoms with van der Waals surface area (Å²) < 4.78 is 11.5. The Kier molecular flexibility index (Phi) is 12.1. The summed E-state index contributed by atoms with van der Waals surface area (Å²) in [5.74, 6) is 3.11. The molecule has 3 rings (SSSR count). The molecule has 0 saturated carbocycles. The molecule has 0 radical (unpaired) electrons. The van der Waals surface area contributed by atoms with Crippen LogP contribution in [0.4, 0.5) is 0 Å². The van der Waals surface area contributed by atoms with Crippen molar-refractivity contribution in [3.8, 4) is 5.75 Å². The van der Waals surface area contributed by atoms with Gasteiger partial charge in [-0.25, -0.2) is 4.99 Å². The Hall–Kier alpha value is -0.710. The lowest BCUT2D eigenvalue weighted by atomic mass is 10.2. The quantitative estimate of drug-likeness (QED) is 0.289. The Morgan fingerprint density at radius 3 is 2.86 bits per heavy atom. The smallest absolute Gasteiger partial charge is 0.191 e. The molecule has 2 saturated heterocycles. The molecule has 1 aromatic rings. The Bertz CT molecular complexity index is 608. The normalized spacial score (nSPS) is 20.2. The Morgan fingerprint density at radius 1 is 1.28 bits per heavy atom. The SMILES string of the molecule is CCNC(=NCc1ccccc1OCCN1CCOCC1)NCC1CCCS1.I. The lowest BCUT2D eigenvalue weighted by Gasteiger charge is -2.26. The molecule has 0 amide bonds. The van der Waals surface area contributed by atoms with Gasteiger partial charge < -0.3 is 20.1 Å². The van der Waals surface area contributed by atoms with Gasteiger partial charge in [0.05, 0.1) is 19.8 Å². The van der Waals surface area contributed by atoms with Crippen LogP contribution in [0.2, 0.25) is 0 Å². The van der Waals surface area contributed by atoms with E-state index >= 15 is 0 Å². The van der Waals surface area contributed by atoms with Gasteiger partial charge in [0, 0.05) is 43.5 Å². The van der Waals surface area contributed by atoms with Gasteiger partial charge in [-0.1, -0.05) is 18.2 Å². The van der Waals surface area contributed by atoms with Crippen LogP contribution < -0.4 is 15.4 Å². The average molecular weight is 535 g/mol. The van der Waals surface area contributed by atoms with Crippen molar-refractivity contribution in [2.45, 2.75) is 31.6 Å². The number of para-hydroxylation sites is 1. The molecular weight excluding hydrogens is 499 g/mol. The number of hydrogen-bond donors (Lipinski definition) is 2. The molecule has 2 aliphatic heterocycles. The fourth-order valence-corrected chi connectivity index (χ4v) is 4.61. The minimum atomic E-state index is 0. The van der Waals surface area contributed by atoms with E-state index in [2.05, 4.69) is 46.4 Å². The molecule has 8 heteroatoms. The van der Waals surface area contributed by atoms with Crippen LogP contribution in [0.3, 0.4) is 0 Å². The lowest BCUT2D eigenvalue weighted by Crippen LogP contribution is -2.40. The first kappa shape index (κ1) is 24.6. The number of aliphatic imine (C=N–C) groups is 1. The summed E-state index contributed by atoms with van der Waals surface area (Å²) in [4.78, 5) is 7.17. The summed E-state index contributed by atoms with van der Waals surface area (Å²) in [7, 11) is 0. The van der Waals surface area contributed by atoms with Crippen molar-refractivity contribution in [2.75, 3.05) is 58.3 Å². The minimum Gasteiger partial charge on any atom is -0.492 e. The van der Waals surface area contributed by atoms with Crippen LogP contribution in [0.15, 0.2) is 29.3 Å². The first-order chi connectivity index (χ1) is 13.8. The van der Waals surface area contributed by atoms with Gasteiger partial charge in [-0.3, -0.25) is 4.90 Å². The number of guanidine groups is 1. The van der Waals surface area contributed by atoms with Gasteiger partial charge in [-0.2, -0.15) is 11.8 Å². The predicted molar refractivity (Wildman–Crippen MR) is 133 cm³/mol. The minimum absolute atomic E-state index is 0. The third-order valence-electron chi connectivity index (χ3n) is 5.01. The topological polar surface area (TPSA) is 58.1 Å². The Balaban J connectivity index is 0.00000300.